The molecular weight excluding hydrogens is 356 g/mol. The molecule has 2 amide bonds. The van der Waals surface area contributed by atoms with Gasteiger partial charge in [-0.3, -0.25) is 9.59 Å². The molecule has 0 aromatic rings. The second-order valence-electron chi connectivity index (χ2n) is 5.95. The van der Waals surface area contributed by atoms with E-state index in [0.717, 1.165) is 12.5 Å². The van der Waals surface area contributed by atoms with Gasteiger partial charge in [0.05, 0.1) is 12.7 Å². The molecule has 0 aliphatic heterocycles. The SMILES string of the molecule is C#[Si]CCCN(CCNC(=O)C(C)CSCC(O)CO)C(=O)C(=C)C. The van der Waals surface area contributed by atoms with Gasteiger partial charge in [-0.25, -0.2) is 0 Å². The highest BCUT2D eigenvalue weighted by molar-refractivity contribution is 7.99. The first-order valence-corrected chi connectivity index (χ1v) is 10.8. The Hall–Kier alpha value is -1.05. The van der Waals surface area contributed by atoms with Crippen LogP contribution < -0.4 is 5.32 Å². The van der Waals surface area contributed by atoms with E-state index in [4.69, 9.17) is 11.1 Å². The summed E-state index contributed by atoms with van der Waals surface area (Å²) in [5.41, 5.74) is 0.480. The van der Waals surface area contributed by atoms with Gasteiger partial charge in [0.2, 0.25) is 11.8 Å². The highest BCUT2D eigenvalue weighted by Crippen LogP contribution is 2.10. The van der Waals surface area contributed by atoms with Crippen molar-refractivity contribution in [2.45, 2.75) is 32.4 Å². The van der Waals surface area contributed by atoms with Gasteiger partial charge in [0.15, 0.2) is 0 Å². The van der Waals surface area contributed by atoms with Gasteiger partial charge in [-0.05, 0) is 28.3 Å². The minimum atomic E-state index is -0.754. The number of amides is 2. The van der Waals surface area contributed by atoms with E-state index in [9.17, 15) is 14.7 Å². The molecule has 0 heterocycles. The number of thioether (sulfide) groups is 1. The summed E-state index contributed by atoms with van der Waals surface area (Å²) in [6.07, 6.45) is 0.0818. The number of nitrogens with one attached hydrogen (secondary N) is 1. The van der Waals surface area contributed by atoms with Gasteiger partial charge in [0.25, 0.3) is 0 Å². The lowest BCUT2D eigenvalue weighted by Gasteiger charge is -2.23. The Morgan fingerprint density at radius 2 is 2.04 bits per heavy atom. The number of carbonyl (C=O) groups is 2. The highest BCUT2D eigenvalue weighted by atomic mass is 32.2. The number of nitrogens with zero attached hydrogens (tertiary/aromatic N) is 1. The van der Waals surface area contributed by atoms with E-state index in [1.165, 1.54) is 11.8 Å². The zero-order chi connectivity index (χ0) is 19.2. The molecular formula is C17H30N2O4SSi. The second kappa shape index (κ2) is 14.2. The number of aliphatic hydroxyl groups excluding tert-OH is 2. The van der Waals surface area contributed by atoms with Crippen LogP contribution in [0.2, 0.25) is 6.04 Å². The Balaban J connectivity index is 4.23. The van der Waals surface area contributed by atoms with Gasteiger partial charge >= 0.3 is 0 Å². The molecule has 0 saturated heterocycles. The van der Waals surface area contributed by atoms with Crippen molar-refractivity contribution < 1.29 is 19.8 Å². The summed E-state index contributed by atoms with van der Waals surface area (Å²) in [7, 11) is 0.372. The zero-order valence-electron chi connectivity index (χ0n) is 15.2. The summed E-state index contributed by atoms with van der Waals surface area (Å²) < 4.78 is 0. The minimum Gasteiger partial charge on any atom is -0.394 e. The van der Waals surface area contributed by atoms with Crippen LogP contribution in [0.25, 0.3) is 0 Å². The summed E-state index contributed by atoms with van der Waals surface area (Å²) in [4.78, 5) is 25.9. The molecule has 0 aliphatic rings. The topological polar surface area (TPSA) is 89.9 Å². The summed E-state index contributed by atoms with van der Waals surface area (Å²) in [5, 5.41) is 20.9. The lowest BCUT2D eigenvalue weighted by atomic mass is 10.2. The number of hydrogen-bond donors (Lipinski definition) is 3. The molecule has 0 saturated carbocycles. The first-order valence-electron chi connectivity index (χ1n) is 8.36. The molecule has 2 atom stereocenters. The first-order chi connectivity index (χ1) is 11.8. The van der Waals surface area contributed by atoms with Gasteiger partial charge < -0.3 is 20.4 Å². The predicted octanol–water partition coefficient (Wildman–Crippen LogP) is 0.331. The predicted molar refractivity (Wildman–Crippen MR) is 104 cm³/mol. The minimum absolute atomic E-state index is 0.0860. The molecule has 8 heteroatoms. The second-order valence-corrected chi connectivity index (χ2v) is 7.93. The molecule has 3 N–H and O–H groups in total. The Morgan fingerprint density at radius 3 is 2.60 bits per heavy atom. The van der Waals surface area contributed by atoms with Crippen LogP contribution in [0, 0.1) is 11.9 Å². The van der Waals surface area contributed by atoms with Crippen molar-refractivity contribution in [3.05, 3.63) is 12.2 Å². The standard InChI is InChI=1S/C17H30N2O4SSi/c1-13(2)17(23)19(7-5-9-25-4)8-6-18-16(22)14(3)11-24-12-15(21)10-20/h4,14-15,20-21H,1,5-12H2,2-3H3,(H,18,22). The summed E-state index contributed by atoms with van der Waals surface area (Å²) >= 11 is 1.43. The van der Waals surface area contributed by atoms with Gasteiger partial charge in [-0.15, -0.1) is 0 Å². The molecule has 0 aliphatic carbocycles. The third kappa shape index (κ3) is 11.2. The van der Waals surface area contributed by atoms with Crippen molar-refractivity contribution in [2.75, 3.05) is 37.7 Å². The maximum absolute atomic E-state index is 12.1. The number of hydrogen-bond acceptors (Lipinski definition) is 5. The van der Waals surface area contributed by atoms with E-state index < -0.39 is 6.10 Å². The summed E-state index contributed by atoms with van der Waals surface area (Å²) in [5.74, 6) is 0.568. The normalized spacial score (nSPS) is 12.8. The van der Waals surface area contributed by atoms with Crippen molar-refractivity contribution in [1.82, 2.24) is 10.2 Å². The average molecular weight is 387 g/mol. The highest BCUT2D eigenvalue weighted by Gasteiger charge is 2.16. The lowest BCUT2D eigenvalue weighted by molar-refractivity contribution is -0.128. The van der Waals surface area contributed by atoms with Crippen molar-refractivity contribution in [1.29, 1.82) is 0 Å². The number of rotatable bonds is 13. The fourth-order valence-corrected chi connectivity index (χ4v) is 3.34. The zero-order valence-corrected chi connectivity index (χ0v) is 17.0. The maximum Gasteiger partial charge on any atom is 0.248 e. The molecule has 142 valence electrons. The third-order valence-corrected chi connectivity index (χ3v) is 5.42. The maximum atomic E-state index is 12.1. The Bertz CT molecular complexity index is 482. The van der Waals surface area contributed by atoms with Gasteiger partial charge in [0.1, 0.15) is 0 Å². The van der Waals surface area contributed by atoms with Crippen LogP contribution in [-0.4, -0.2) is 79.7 Å². The van der Waals surface area contributed by atoms with Gasteiger partial charge in [0, 0.05) is 42.6 Å². The monoisotopic (exact) mass is 386 g/mol. The van der Waals surface area contributed by atoms with Crippen molar-refractivity contribution in [3.63, 3.8) is 0 Å². The third-order valence-electron chi connectivity index (χ3n) is 3.42. The van der Waals surface area contributed by atoms with Crippen LogP contribution in [0.4, 0.5) is 0 Å². The fraction of sp³-hybridized carbons (Fsp3) is 0.706. The van der Waals surface area contributed by atoms with Crippen LogP contribution in [0.5, 0.6) is 0 Å². The van der Waals surface area contributed by atoms with Gasteiger partial charge in [-0.1, -0.05) is 13.5 Å². The molecule has 0 radical (unpaired) electrons. The summed E-state index contributed by atoms with van der Waals surface area (Å²) in [6.45, 7) is 8.34. The fourth-order valence-electron chi connectivity index (χ4n) is 1.95. The molecule has 25 heavy (non-hydrogen) atoms. The Labute approximate surface area is 157 Å². The molecule has 0 spiro atoms. The van der Waals surface area contributed by atoms with E-state index in [1.54, 1.807) is 11.8 Å². The van der Waals surface area contributed by atoms with Crippen molar-refractivity contribution in [2.24, 2.45) is 5.92 Å². The van der Waals surface area contributed by atoms with Crippen molar-refractivity contribution in [3.8, 4) is 6.00 Å². The average Bonchev–Trinajstić information content (AvgIpc) is 2.59. The molecule has 0 fully saturated rings. The largest absolute Gasteiger partial charge is 0.394 e. The Morgan fingerprint density at radius 1 is 1.36 bits per heavy atom. The van der Waals surface area contributed by atoms with E-state index in [-0.39, 0.29) is 24.3 Å². The first kappa shape index (κ1) is 23.9. The van der Waals surface area contributed by atoms with Crippen LogP contribution in [0.1, 0.15) is 20.3 Å². The molecule has 6 nitrogen and oxygen atoms in total. The van der Waals surface area contributed by atoms with E-state index >= 15 is 0 Å². The van der Waals surface area contributed by atoms with Crippen LogP contribution in [0.3, 0.4) is 0 Å². The quantitative estimate of drug-likeness (QED) is 0.241. The molecule has 2 unspecified atom stereocenters. The Kier molecular flexibility index (Phi) is 13.6. The number of carbonyl (C=O) groups excluding carboxylic acids is 2. The van der Waals surface area contributed by atoms with E-state index in [2.05, 4.69) is 11.9 Å². The van der Waals surface area contributed by atoms with Crippen LogP contribution >= 0.6 is 11.8 Å². The van der Waals surface area contributed by atoms with E-state index in [1.807, 2.05) is 6.92 Å². The molecule has 0 aromatic heterocycles. The molecule has 0 rings (SSSR count). The smallest absolute Gasteiger partial charge is 0.248 e. The van der Waals surface area contributed by atoms with Gasteiger partial charge in [-0.2, -0.15) is 17.8 Å². The summed E-state index contributed by atoms with van der Waals surface area (Å²) in [6, 6.07) is 6.38. The van der Waals surface area contributed by atoms with Crippen LogP contribution in [-0.2, 0) is 9.59 Å². The van der Waals surface area contributed by atoms with Crippen molar-refractivity contribution >= 4 is 32.5 Å². The van der Waals surface area contributed by atoms with Crippen LogP contribution in [0.15, 0.2) is 12.2 Å². The lowest BCUT2D eigenvalue weighted by Crippen LogP contribution is -2.41. The molecule has 0 bridgehead atoms. The van der Waals surface area contributed by atoms with E-state index in [0.29, 0.717) is 45.7 Å². The number of aliphatic hydroxyl groups is 2. The molecule has 0 aromatic carbocycles.